The van der Waals surface area contributed by atoms with Gasteiger partial charge in [-0.2, -0.15) is 0 Å². The molecule has 0 aliphatic rings. The molecule has 1 aromatic heterocycles. The Morgan fingerprint density at radius 1 is 1.32 bits per heavy atom. The van der Waals surface area contributed by atoms with E-state index in [-0.39, 0.29) is 11.6 Å². The third-order valence-corrected chi connectivity index (χ3v) is 2.86. The molecule has 108 valence electrons. The number of pyridine rings is 1. The van der Waals surface area contributed by atoms with Crippen LogP contribution in [0.3, 0.4) is 0 Å². The Hall–Kier alpha value is -1.39. The van der Waals surface area contributed by atoms with E-state index in [0.717, 1.165) is 18.9 Å². The van der Waals surface area contributed by atoms with Gasteiger partial charge in [0.05, 0.1) is 0 Å². The molecular weight excluding hydrogens is 248 g/mol. The first-order chi connectivity index (χ1) is 8.95. The van der Waals surface area contributed by atoms with Crippen LogP contribution < -0.4 is 10.2 Å². The van der Waals surface area contributed by atoms with Crippen molar-refractivity contribution in [2.45, 2.75) is 33.6 Å². The van der Waals surface area contributed by atoms with E-state index in [4.69, 9.17) is 0 Å². The normalized spacial score (nSPS) is 10.9. The average Bonchev–Trinajstić information content (AvgIpc) is 2.35. The number of hydrogen-bond acceptors (Lipinski definition) is 3. The zero-order chi connectivity index (χ0) is 14.4. The van der Waals surface area contributed by atoms with Crippen molar-refractivity contribution in [1.29, 1.82) is 0 Å². The first-order valence-corrected chi connectivity index (χ1v) is 6.76. The molecule has 0 radical (unpaired) electrons. The maximum absolute atomic E-state index is 13.8. The zero-order valence-electron chi connectivity index (χ0n) is 12.1. The molecule has 1 heterocycles. The first kappa shape index (κ1) is 15.7. The van der Waals surface area contributed by atoms with Crippen LogP contribution in [0.25, 0.3) is 0 Å². The molecule has 0 aliphatic carbocycles. The van der Waals surface area contributed by atoms with Gasteiger partial charge < -0.3 is 10.2 Å². The monoisotopic (exact) mass is 271 g/mol. The fourth-order valence-corrected chi connectivity index (χ4v) is 1.65. The SMILES string of the molecule is CCCNc1nc(N(C)CCC(C)C)c(F)cc1F. The van der Waals surface area contributed by atoms with Crippen molar-refractivity contribution in [3.63, 3.8) is 0 Å². The van der Waals surface area contributed by atoms with E-state index < -0.39 is 11.6 Å². The topological polar surface area (TPSA) is 28.2 Å². The Labute approximate surface area is 114 Å². The summed E-state index contributed by atoms with van der Waals surface area (Å²) < 4.78 is 27.3. The number of anilines is 2. The van der Waals surface area contributed by atoms with Crippen LogP contribution in [0.2, 0.25) is 0 Å². The Morgan fingerprint density at radius 3 is 2.58 bits per heavy atom. The van der Waals surface area contributed by atoms with Gasteiger partial charge in [-0.15, -0.1) is 0 Å². The van der Waals surface area contributed by atoms with Gasteiger partial charge in [0.25, 0.3) is 0 Å². The van der Waals surface area contributed by atoms with Crippen molar-refractivity contribution >= 4 is 11.6 Å². The fraction of sp³-hybridized carbons (Fsp3) is 0.643. The van der Waals surface area contributed by atoms with Gasteiger partial charge in [-0.25, -0.2) is 13.8 Å². The molecule has 3 nitrogen and oxygen atoms in total. The lowest BCUT2D eigenvalue weighted by atomic mass is 10.1. The van der Waals surface area contributed by atoms with Crippen molar-refractivity contribution in [2.24, 2.45) is 5.92 Å². The molecule has 0 saturated carbocycles. The molecule has 1 rings (SSSR count). The van der Waals surface area contributed by atoms with E-state index in [1.807, 2.05) is 6.92 Å². The minimum absolute atomic E-state index is 0.120. The van der Waals surface area contributed by atoms with Crippen LogP contribution >= 0.6 is 0 Å². The molecule has 1 N–H and O–H groups in total. The summed E-state index contributed by atoms with van der Waals surface area (Å²) in [4.78, 5) is 5.78. The molecule has 0 unspecified atom stereocenters. The summed E-state index contributed by atoms with van der Waals surface area (Å²) in [6.45, 7) is 7.50. The lowest BCUT2D eigenvalue weighted by molar-refractivity contribution is 0.556. The van der Waals surface area contributed by atoms with Crippen LogP contribution in [-0.4, -0.2) is 25.1 Å². The van der Waals surface area contributed by atoms with Crippen molar-refractivity contribution in [2.75, 3.05) is 30.4 Å². The standard InChI is InChI=1S/C14H23F2N3/c1-5-7-17-13-11(15)9-12(16)14(18-13)19(4)8-6-10(2)3/h9-10H,5-8H2,1-4H3,(H,17,18). The van der Waals surface area contributed by atoms with Gasteiger partial charge in [0.15, 0.2) is 23.3 Å². The third kappa shape index (κ3) is 4.65. The second-order valence-corrected chi connectivity index (χ2v) is 5.16. The summed E-state index contributed by atoms with van der Waals surface area (Å²) in [5.74, 6) is -0.420. The molecule has 0 amide bonds. The van der Waals surface area contributed by atoms with Gasteiger partial charge in [0, 0.05) is 26.2 Å². The predicted octanol–water partition coefficient (Wildman–Crippen LogP) is 3.66. The van der Waals surface area contributed by atoms with E-state index in [1.165, 1.54) is 0 Å². The minimum atomic E-state index is -0.646. The molecule has 5 heteroatoms. The molecule has 1 aromatic rings. The van der Waals surface area contributed by atoms with Crippen LogP contribution in [0, 0.1) is 17.6 Å². The molecule has 0 bridgehead atoms. The lowest BCUT2D eigenvalue weighted by Crippen LogP contribution is -2.23. The van der Waals surface area contributed by atoms with E-state index in [0.29, 0.717) is 19.0 Å². The highest BCUT2D eigenvalue weighted by atomic mass is 19.1. The average molecular weight is 271 g/mol. The molecule has 19 heavy (non-hydrogen) atoms. The Bertz CT molecular complexity index is 408. The predicted molar refractivity (Wildman–Crippen MR) is 75.7 cm³/mol. The third-order valence-electron chi connectivity index (χ3n) is 2.86. The number of hydrogen-bond donors (Lipinski definition) is 1. The highest BCUT2D eigenvalue weighted by Gasteiger charge is 2.15. The molecule has 0 atom stereocenters. The van der Waals surface area contributed by atoms with Crippen molar-refractivity contribution in [3.05, 3.63) is 17.7 Å². The minimum Gasteiger partial charge on any atom is -0.368 e. The summed E-state index contributed by atoms with van der Waals surface area (Å²) in [6.07, 6.45) is 1.80. The quantitative estimate of drug-likeness (QED) is 0.820. The largest absolute Gasteiger partial charge is 0.368 e. The van der Waals surface area contributed by atoms with Gasteiger partial charge >= 0.3 is 0 Å². The Kier molecular flexibility index (Phi) is 5.99. The van der Waals surface area contributed by atoms with Crippen LogP contribution in [0.5, 0.6) is 0 Å². The second kappa shape index (κ2) is 7.26. The smallest absolute Gasteiger partial charge is 0.168 e. The highest BCUT2D eigenvalue weighted by Crippen LogP contribution is 2.22. The lowest BCUT2D eigenvalue weighted by Gasteiger charge is -2.20. The van der Waals surface area contributed by atoms with Crippen molar-refractivity contribution in [1.82, 2.24) is 4.98 Å². The maximum atomic E-state index is 13.8. The Balaban J connectivity index is 2.86. The molecular formula is C14H23F2N3. The molecule has 0 fully saturated rings. The van der Waals surface area contributed by atoms with Crippen LogP contribution in [0.4, 0.5) is 20.4 Å². The molecule has 0 saturated heterocycles. The van der Waals surface area contributed by atoms with E-state index in [9.17, 15) is 8.78 Å². The number of nitrogens with zero attached hydrogens (tertiary/aromatic N) is 2. The second-order valence-electron chi connectivity index (χ2n) is 5.16. The number of aromatic nitrogens is 1. The van der Waals surface area contributed by atoms with Gasteiger partial charge in [-0.1, -0.05) is 20.8 Å². The van der Waals surface area contributed by atoms with E-state index in [2.05, 4.69) is 24.1 Å². The molecule has 0 aromatic carbocycles. The summed E-state index contributed by atoms with van der Waals surface area (Å²) in [7, 11) is 1.77. The van der Waals surface area contributed by atoms with Crippen LogP contribution in [0.15, 0.2) is 6.07 Å². The number of nitrogens with one attached hydrogen (secondary N) is 1. The van der Waals surface area contributed by atoms with Crippen LogP contribution in [0.1, 0.15) is 33.6 Å². The number of halogens is 2. The van der Waals surface area contributed by atoms with Crippen molar-refractivity contribution < 1.29 is 8.78 Å². The summed E-state index contributed by atoms with van der Waals surface area (Å²) in [5, 5.41) is 2.87. The van der Waals surface area contributed by atoms with Crippen molar-refractivity contribution in [3.8, 4) is 0 Å². The molecule has 0 aliphatic heterocycles. The van der Waals surface area contributed by atoms with Gasteiger partial charge in [0.2, 0.25) is 0 Å². The summed E-state index contributed by atoms with van der Waals surface area (Å²) in [5.41, 5.74) is 0. The fourth-order valence-electron chi connectivity index (χ4n) is 1.65. The summed E-state index contributed by atoms with van der Waals surface area (Å²) in [6, 6.07) is 0.895. The first-order valence-electron chi connectivity index (χ1n) is 6.76. The summed E-state index contributed by atoms with van der Waals surface area (Å²) >= 11 is 0. The number of rotatable bonds is 7. The van der Waals surface area contributed by atoms with E-state index >= 15 is 0 Å². The molecule has 0 spiro atoms. The zero-order valence-corrected chi connectivity index (χ0v) is 12.1. The maximum Gasteiger partial charge on any atom is 0.168 e. The highest BCUT2D eigenvalue weighted by molar-refractivity contribution is 5.48. The Morgan fingerprint density at radius 2 is 2.00 bits per heavy atom. The van der Waals surface area contributed by atoms with Crippen LogP contribution in [-0.2, 0) is 0 Å². The van der Waals surface area contributed by atoms with Gasteiger partial charge in [-0.05, 0) is 18.8 Å². The van der Waals surface area contributed by atoms with E-state index in [1.54, 1.807) is 11.9 Å². The van der Waals surface area contributed by atoms with Gasteiger partial charge in [0.1, 0.15) is 0 Å². The van der Waals surface area contributed by atoms with Gasteiger partial charge in [-0.3, -0.25) is 0 Å².